The first-order valence-electron chi connectivity index (χ1n) is 5.36. The first-order valence-corrected chi connectivity index (χ1v) is 5.36. The predicted molar refractivity (Wildman–Crippen MR) is 60.7 cm³/mol. The zero-order chi connectivity index (χ0) is 10.7. The number of rotatable bonds is 2. The molecule has 15 heavy (non-hydrogen) atoms. The van der Waals surface area contributed by atoms with Crippen LogP contribution < -0.4 is 10.6 Å². The van der Waals surface area contributed by atoms with Gasteiger partial charge in [0.05, 0.1) is 0 Å². The van der Waals surface area contributed by atoms with Gasteiger partial charge in [-0.05, 0) is 37.1 Å². The maximum Gasteiger partial charge on any atom is 0.221 e. The number of benzene rings is 1. The molecule has 0 bridgehead atoms. The fraction of sp³-hybridized carbons (Fsp3) is 0.417. The van der Waals surface area contributed by atoms with Crippen molar-refractivity contribution in [1.82, 2.24) is 5.32 Å². The number of hydrogen-bond acceptors (Lipinski definition) is 2. The molecule has 1 fully saturated rings. The lowest BCUT2D eigenvalue weighted by Gasteiger charge is -2.11. The second kappa shape index (κ2) is 4.45. The third kappa shape index (κ3) is 2.57. The van der Waals surface area contributed by atoms with Crippen LogP contribution >= 0.6 is 0 Å². The summed E-state index contributed by atoms with van der Waals surface area (Å²) in [6.07, 6.45) is 2.46. The number of carbonyl (C=O) groups excluding carboxylic acids is 1. The normalized spacial score (nSPS) is 20.2. The van der Waals surface area contributed by atoms with Crippen LogP contribution in [0.4, 0.5) is 5.69 Å². The summed E-state index contributed by atoms with van der Waals surface area (Å²) in [7, 11) is 0. The highest BCUT2D eigenvalue weighted by Gasteiger charge is 2.15. The molecule has 1 saturated heterocycles. The zero-order valence-electron chi connectivity index (χ0n) is 8.92. The van der Waals surface area contributed by atoms with Crippen molar-refractivity contribution in [3.8, 4) is 0 Å². The molecule has 3 nitrogen and oxygen atoms in total. The van der Waals surface area contributed by atoms with Gasteiger partial charge in [-0.3, -0.25) is 4.79 Å². The van der Waals surface area contributed by atoms with Crippen LogP contribution in [0.2, 0.25) is 0 Å². The maximum absolute atomic E-state index is 10.8. The van der Waals surface area contributed by atoms with Gasteiger partial charge in [-0.25, -0.2) is 0 Å². The Labute approximate surface area is 89.9 Å². The van der Waals surface area contributed by atoms with E-state index in [1.54, 1.807) is 0 Å². The lowest BCUT2D eigenvalue weighted by Crippen LogP contribution is -2.13. The van der Waals surface area contributed by atoms with E-state index in [4.69, 9.17) is 0 Å². The molecule has 2 N–H and O–H groups in total. The number of amides is 1. The van der Waals surface area contributed by atoms with Gasteiger partial charge in [0.25, 0.3) is 0 Å². The Morgan fingerprint density at radius 3 is 2.67 bits per heavy atom. The SMILES string of the molecule is CC(=O)Nc1ccc([C@@H]2CCCN2)cc1. The topological polar surface area (TPSA) is 41.1 Å². The zero-order valence-corrected chi connectivity index (χ0v) is 8.92. The van der Waals surface area contributed by atoms with E-state index in [0.29, 0.717) is 6.04 Å². The molecule has 1 heterocycles. The summed E-state index contributed by atoms with van der Waals surface area (Å²) in [5, 5.41) is 6.21. The van der Waals surface area contributed by atoms with Gasteiger partial charge in [-0.15, -0.1) is 0 Å². The van der Waals surface area contributed by atoms with Crippen molar-refractivity contribution in [2.75, 3.05) is 11.9 Å². The molecule has 1 atom stereocenters. The third-order valence-corrected chi connectivity index (χ3v) is 2.69. The van der Waals surface area contributed by atoms with Crippen molar-refractivity contribution in [1.29, 1.82) is 0 Å². The Morgan fingerprint density at radius 1 is 1.40 bits per heavy atom. The molecular formula is C12H16N2O. The van der Waals surface area contributed by atoms with Gasteiger partial charge >= 0.3 is 0 Å². The summed E-state index contributed by atoms with van der Waals surface area (Å²) in [6.45, 7) is 2.63. The molecule has 80 valence electrons. The molecule has 2 rings (SSSR count). The summed E-state index contributed by atoms with van der Waals surface area (Å²) in [6, 6.07) is 8.56. The van der Waals surface area contributed by atoms with Gasteiger partial charge < -0.3 is 10.6 Å². The van der Waals surface area contributed by atoms with Crippen molar-refractivity contribution in [3.63, 3.8) is 0 Å². The van der Waals surface area contributed by atoms with Crippen LogP contribution in [-0.4, -0.2) is 12.5 Å². The largest absolute Gasteiger partial charge is 0.326 e. The fourth-order valence-electron chi connectivity index (χ4n) is 1.97. The van der Waals surface area contributed by atoms with Crippen molar-refractivity contribution >= 4 is 11.6 Å². The number of hydrogen-bond donors (Lipinski definition) is 2. The van der Waals surface area contributed by atoms with E-state index < -0.39 is 0 Å². The average Bonchev–Trinajstić information content (AvgIpc) is 2.71. The van der Waals surface area contributed by atoms with Crippen LogP contribution in [0.25, 0.3) is 0 Å². The third-order valence-electron chi connectivity index (χ3n) is 2.69. The molecule has 0 spiro atoms. The van der Waals surface area contributed by atoms with Gasteiger partial charge in [0, 0.05) is 18.7 Å². The molecule has 3 heteroatoms. The minimum absolute atomic E-state index is 0.0262. The first kappa shape index (κ1) is 10.2. The van der Waals surface area contributed by atoms with E-state index in [1.165, 1.54) is 25.3 Å². The van der Waals surface area contributed by atoms with E-state index in [2.05, 4.69) is 22.8 Å². The molecule has 0 saturated carbocycles. The summed E-state index contributed by atoms with van der Waals surface area (Å²) >= 11 is 0. The summed E-state index contributed by atoms with van der Waals surface area (Å²) < 4.78 is 0. The van der Waals surface area contributed by atoms with Gasteiger partial charge in [-0.2, -0.15) is 0 Å². The highest BCUT2D eigenvalue weighted by molar-refractivity contribution is 5.88. The van der Waals surface area contributed by atoms with Gasteiger partial charge in [0.2, 0.25) is 5.91 Å². The van der Waals surface area contributed by atoms with Gasteiger partial charge in [0.1, 0.15) is 0 Å². The molecule has 1 amide bonds. The van der Waals surface area contributed by atoms with Crippen LogP contribution in [0.3, 0.4) is 0 Å². The monoisotopic (exact) mass is 204 g/mol. The minimum Gasteiger partial charge on any atom is -0.326 e. The Balaban J connectivity index is 2.06. The molecule has 1 aromatic carbocycles. The first-order chi connectivity index (χ1) is 7.25. The van der Waals surface area contributed by atoms with E-state index >= 15 is 0 Å². The molecule has 1 aromatic rings. The Kier molecular flexibility index (Phi) is 3.02. The van der Waals surface area contributed by atoms with Crippen LogP contribution in [0.5, 0.6) is 0 Å². The molecule has 0 aromatic heterocycles. The predicted octanol–water partition coefficient (Wildman–Crippen LogP) is 2.07. The molecule has 1 aliphatic heterocycles. The maximum atomic E-state index is 10.8. The number of anilines is 1. The van der Waals surface area contributed by atoms with Crippen molar-refractivity contribution in [2.24, 2.45) is 0 Å². The van der Waals surface area contributed by atoms with Crippen molar-refractivity contribution in [3.05, 3.63) is 29.8 Å². The number of carbonyl (C=O) groups is 1. The Hall–Kier alpha value is -1.35. The summed E-state index contributed by atoms with van der Waals surface area (Å²) in [5.41, 5.74) is 2.17. The molecular weight excluding hydrogens is 188 g/mol. The second-order valence-electron chi connectivity index (χ2n) is 3.95. The van der Waals surface area contributed by atoms with Crippen LogP contribution in [0.1, 0.15) is 31.4 Å². The standard InChI is InChI=1S/C12H16N2O/c1-9(15)14-11-6-4-10(5-7-11)12-3-2-8-13-12/h4-7,12-13H,2-3,8H2,1H3,(H,14,15)/t12-/m0/s1. The quantitative estimate of drug-likeness (QED) is 0.774. The summed E-state index contributed by atoms with van der Waals surface area (Å²) in [4.78, 5) is 10.8. The van der Waals surface area contributed by atoms with E-state index in [0.717, 1.165) is 12.2 Å². The average molecular weight is 204 g/mol. The minimum atomic E-state index is -0.0262. The Bertz CT molecular complexity index is 339. The lowest BCUT2D eigenvalue weighted by atomic mass is 10.1. The van der Waals surface area contributed by atoms with Crippen LogP contribution in [0.15, 0.2) is 24.3 Å². The second-order valence-corrected chi connectivity index (χ2v) is 3.95. The molecule has 0 radical (unpaired) electrons. The van der Waals surface area contributed by atoms with Crippen LogP contribution in [0, 0.1) is 0 Å². The summed E-state index contributed by atoms with van der Waals surface area (Å²) in [5.74, 6) is -0.0262. The number of nitrogens with one attached hydrogen (secondary N) is 2. The smallest absolute Gasteiger partial charge is 0.221 e. The van der Waals surface area contributed by atoms with Gasteiger partial charge in [0.15, 0.2) is 0 Å². The molecule has 0 aliphatic carbocycles. The van der Waals surface area contributed by atoms with Gasteiger partial charge in [-0.1, -0.05) is 12.1 Å². The Morgan fingerprint density at radius 2 is 2.13 bits per heavy atom. The van der Waals surface area contributed by atoms with E-state index in [-0.39, 0.29) is 5.91 Å². The highest BCUT2D eigenvalue weighted by Crippen LogP contribution is 2.23. The van der Waals surface area contributed by atoms with E-state index in [9.17, 15) is 4.79 Å². The fourth-order valence-corrected chi connectivity index (χ4v) is 1.97. The highest BCUT2D eigenvalue weighted by atomic mass is 16.1. The molecule has 0 unspecified atom stereocenters. The van der Waals surface area contributed by atoms with Crippen LogP contribution in [-0.2, 0) is 4.79 Å². The lowest BCUT2D eigenvalue weighted by molar-refractivity contribution is -0.114. The van der Waals surface area contributed by atoms with E-state index in [1.807, 2.05) is 12.1 Å². The molecule has 1 aliphatic rings. The van der Waals surface area contributed by atoms with Crippen molar-refractivity contribution < 1.29 is 4.79 Å². The van der Waals surface area contributed by atoms with Crippen molar-refractivity contribution in [2.45, 2.75) is 25.8 Å².